The quantitative estimate of drug-likeness (QED) is 0.819. The molecule has 0 spiro atoms. The number of aromatic nitrogens is 2. The predicted molar refractivity (Wildman–Crippen MR) is 56.5 cm³/mol. The van der Waals surface area contributed by atoms with Crippen molar-refractivity contribution in [2.45, 2.75) is 6.54 Å². The molecule has 3 nitrogen and oxygen atoms in total. The number of halogens is 1. The molecule has 0 saturated carbocycles. The van der Waals surface area contributed by atoms with Crippen molar-refractivity contribution in [2.24, 2.45) is 5.73 Å². The number of hydrogen-bond acceptors (Lipinski definition) is 2. The van der Waals surface area contributed by atoms with Gasteiger partial charge in [0.2, 0.25) is 0 Å². The van der Waals surface area contributed by atoms with Crippen LogP contribution in [0.1, 0.15) is 5.56 Å². The summed E-state index contributed by atoms with van der Waals surface area (Å²) in [5.74, 6) is 0. The van der Waals surface area contributed by atoms with Crippen molar-refractivity contribution in [1.29, 1.82) is 0 Å². The lowest BCUT2D eigenvalue weighted by atomic mass is 10.2. The molecule has 0 amide bonds. The molecule has 14 heavy (non-hydrogen) atoms. The molecule has 1 aromatic carbocycles. The fourth-order valence-corrected chi connectivity index (χ4v) is 1.70. The first-order valence-corrected chi connectivity index (χ1v) is 4.66. The molecule has 0 radical (unpaired) electrons. The molecule has 0 unspecified atom stereocenters. The van der Waals surface area contributed by atoms with E-state index in [2.05, 4.69) is 4.98 Å². The third kappa shape index (κ3) is 1.52. The fourth-order valence-electron chi connectivity index (χ4n) is 1.41. The van der Waals surface area contributed by atoms with Gasteiger partial charge in [0.05, 0.1) is 17.0 Å². The average Bonchev–Trinajstić information content (AvgIpc) is 2.70. The highest BCUT2D eigenvalue weighted by Gasteiger charge is 2.06. The second-order valence-corrected chi connectivity index (χ2v) is 3.33. The van der Waals surface area contributed by atoms with Crippen molar-refractivity contribution in [1.82, 2.24) is 9.55 Å². The zero-order chi connectivity index (χ0) is 9.97. The van der Waals surface area contributed by atoms with Crippen LogP contribution in [0.15, 0.2) is 36.9 Å². The molecule has 4 heteroatoms. The smallest absolute Gasteiger partial charge is 0.0992 e. The maximum Gasteiger partial charge on any atom is 0.0992 e. The number of nitrogens with two attached hydrogens (primary N) is 1. The molecule has 0 aliphatic carbocycles. The third-order valence-electron chi connectivity index (χ3n) is 2.05. The van der Waals surface area contributed by atoms with Crippen LogP contribution in [0.5, 0.6) is 0 Å². The van der Waals surface area contributed by atoms with E-state index in [-0.39, 0.29) is 0 Å². The number of benzene rings is 1. The van der Waals surface area contributed by atoms with Crippen LogP contribution >= 0.6 is 11.6 Å². The first kappa shape index (κ1) is 9.24. The molecule has 72 valence electrons. The summed E-state index contributed by atoms with van der Waals surface area (Å²) >= 11 is 6.10. The molecular weight excluding hydrogens is 198 g/mol. The molecule has 0 aliphatic rings. The average molecular weight is 208 g/mol. The molecule has 0 aliphatic heterocycles. The Hall–Kier alpha value is -1.32. The van der Waals surface area contributed by atoms with Gasteiger partial charge in [0.25, 0.3) is 0 Å². The number of hydrogen-bond donors (Lipinski definition) is 1. The maximum atomic E-state index is 6.10. The highest BCUT2D eigenvalue weighted by atomic mass is 35.5. The van der Waals surface area contributed by atoms with Crippen LogP contribution in [0.4, 0.5) is 0 Å². The van der Waals surface area contributed by atoms with E-state index in [4.69, 9.17) is 17.3 Å². The fraction of sp³-hybridized carbons (Fsp3) is 0.100. The van der Waals surface area contributed by atoms with Crippen molar-refractivity contribution < 1.29 is 0 Å². The van der Waals surface area contributed by atoms with Crippen molar-refractivity contribution in [2.75, 3.05) is 0 Å². The van der Waals surface area contributed by atoms with Gasteiger partial charge in [0, 0.05) is 18.9 Å². The highest BCUT2D eigenvalue weighted by molar-refractivity contribution is 6.32. The minimum atomic E-state index is 0.466. The monoisotopic (exact) mass is 207 g/mol. The molecule has 0 bridgehead atoms. The zero-order valence-electron chi connectivity index (χ0n) is 7.52. The predicted octanol–water partition coefficient (Wildman–Crippen LogP) is 1.98. The first-order valence-electron chi connectivity index (χ1n) is 4.28. The Morgan fingerprint density at radius 1 is 1.43 bits per heavy atom. The van der Waals surface area contributed by atoms with Gasteiger partial charge in [0.1, 0.15) is 0 Å². The van der Waals surface area contributed by atoms with E-state index < -0.39 is 0 Å². The van der Waals surface area contributed by atoms with Crippen molar-refractivity contribution in [3.8, 4) is 5.69 Å². The molecule has 1 heterocycles. The van der Waals surface area contributed by atoms with Crippen LogP contribution in [0.2, 0.25) is 5.02 Å². The summed E-state index contributed by atoms with van der Waals surface area (Å²) in [6.07, 6.45) is 5.27. The first-order chi connectivity index (χ1) is 6.83. The second kappa shape index (κ2) is 3.82. The van der Waals surface area contributed by atoms with E-state index in [0.717, 1.165) is 11.3 Å². The molecular formula is C10H10ClN3. The summed E-state index contributed by atoms with van der Waals surface area (Å²) < 4.78 is 1.87. The zero-order valence-corrected chi connectivity index (χ0v) is 8.28. The Labute approximate surface area is 87.1 Å². The van der Waals surface area contributed by atoms with Gasteiger partial charge >= 0.3 is 0 Å². The molecule has 2 aromatic rings. The number of imidazole rings is 1. The minimum absolute atomic E-state index is 0.466. The summed E-state index contributed by atoms with van der Waals surface area (Å²) in [5.41, 5.74) is 7.55. The molecule has 0 atom stereocenters. The minimum Gasteiger partial charge on any atom is -0.326 e. The Morgan fingerprint density at radius 3 is 2.93 bits per heavy atom. The number of para-hydroxylation sites is 1. The van der Waals surface area contributed by atoms with E-state index in [9.17, 15) is 0 Å². The Kier molecular flexibility index (Phi) is 2.52. The van der Waals surface area contributed by atoms with Gasteiger partial charge in [-0.2, -0.15) is 0 Å². The van der Waals surface area contributed by atoms with Crippen LogP contribution in [0.25, 0.3) is 5.69 Å². The van der Waals surface area contributed by atoms with E-state index in [0.29, 0.717) is 11.6 Å². The van der Waals surface area contributed by atoms with Gasteiger partial charge < -0.3 is 10.3 Å². The molecule has 2 N–H and O–H groups in total. The Morgan fingerprint density at radius 2 is 2.29 bits per heavy atom. The largest absolute Gasteiger partial charge is 0.326 e. The van der Waals surface area contributed by atoms with Crippen molar-refractivity contribution in [3.63, 3.8) is 0 Å². The van der Waals surface area contributed by atoms with E-state index >= 15 is 0 Å². The Balaban J connectivity index is 2.61. The summed E-state index contributed by atoms with van der Waals surface area (Å²) in [7, 11) is 0. The van der Waals surface area contributed by atoms with Gasteiger partial charge in [-0.05, 0) is 11.6 Å². The lowest BCUT2D eigenvalue weighted by molar-refractivity contribution is 0.983. The van der Waals surface area contributed by atoms with E-state index in [1.54, 1.807) is 12.5 Å². The summed E-state index contributed by atoms with van der Waals surface area (Å²) in [5, 5.41) is 0.686. The lowest BCUT2D eigenvalue weighted by Gasteiger charge is -2.09. The Bertz CT molecular complexity index is 423. The van der Waals surface area contributed by atoms with Crippen molar-refractivity contribution >= 4 is 11.6 Å². The summed E-state index contributed by atoms with van der Waals surface area (Å²) in [6.45, 7) is 0.466. The maximum absolute atomic E-state index is 6.10. The van der Waals surface area contributed by atoms with Gasteiger partial charge in [-0.3, -0.25) is 0 Å². The molecule has 0 saturated heterocycles. The lowest BCUT2D eigenvalue weighted by Crippen LogP contribution is -2.03. The standard InChI is InChI=1S/C10H10ClN3/c11-9-3-1-2-8(6-12)10(9)14-5-4-13-7-14/h1-5,7H,6,12H2. The summed E-state index contributed by atoms with van der Waals surface area (Å²) in [4.78, 5) is 3.98. The van der Waals surface area contributed by atoms with Crippen molar-refractivity contribution in [3.05, 3.63) is 47.5 Å². The molecule has 2 rings (SSSR count). The number of rotatable bonds is 2. The van der Waals surface area contributed by atoms with Gasteiger partial charge in [-0.25, -0.2) is 4.98 Å². The van der Waals surface area contributed by atoms with Gasteiger partial charge in [-0.15, -0.1) is 0 Å². The second-order valence-electron chi connectivity index (χ2n) is 2.92. The SMILES string of the molecule is NCc1cccc(Cl)c1-n1ccnc1. The highest BCUT2D eigenvalue weighted by Crippen LogP contribution is 2.23. The molecule has 1 aromatic heterocycles. The van der Waals surface area contributed by atoms with Crippen LogP contribution in [-0.2, 0) is 6.54 Å². The van der Waals surface area contributed by atoms with Crippen LogP contribution < -0.4 is 5.73 Å². The van der Waals surface area contributed by atoms with E-state index in [1.165, 1.54) is 0 Å². The number of nitrogens with zero attached hydrogens (tertiary/aromatic N) is 2. The molecule has 0 fully saturated rings. The van der Waals surface area contributed by atoms with Crippen LogP contribution in [0, 0.1) is 0 Å². The third-order valence-corrected chi connectivity index (χ3v) is 2.36. The summed E-state index contributed by atoms with van der Waals surface area (Å²) in [6, 6.07) is 5.70. The van der Waals surface area contributed by atoms with Gasteiger partial charge in [0.15, 0.2) is 0 Å². The topological polar surface area (TPSA) is 43.8 Å². The van der Waals surface area contributed by atoms with Crippen LogP contribution in [0.3, 0.4) is 0 Å². The van der Waals surface area contributed by atoms with Gasteiger partial charge in [-0.1, -0.05) is 23.7 Å². The normalized spacial score (nSPS) is 10.4. The van der Waals surface area contributed by atoms with Crippen LogP contribution in [-0.4, -0.2) is 9.55 Å². The van der Waals surface area contributed by atoms with E-state index in [1.807, 2.05) is 29.0 Å².